The van der Waals surface area contributed by atoms with Crippen LogP contribution in [0.25, 0.3) is 11.4 Å². The van der Waals surface area contributed by atoms with E-state index >= 15 is 0 Å². The summed E-state index contributed by atoms with van der Waals surface area (Å²) in [5, 5.41) is 4.87. The summed E-state index contributed by atoms with van der Waals surface area (Å²) in [6.45, 7) is 0. The van der Waals surface area contributed by atoms with Gasteiger partial charge in [-0.3, -0.25) is 0 Å². The predicted octanol–water partition coefficient (Wildman–Crippen LogP) is 5.80. The normalized spacial score (nSPS) is 13.7. The highest BCUT2D eigenvalue weighted by Gasteiger charge is 2.21. The first-order valence-corrected chi connectivity index (χ1v) is 9.77. The highest BCUT2D eigenvalue weighted by Crippen LogP contribution is 2.31. The van der Waals surface area contributed by atoms with E-state index in [-0.39, 0.29) is 0 Å². The molecular weight excluding hydrogens is 324 g/mol. The van der Waals surface area contributed by atoms with Crippen LogP contribution >= 0.6 is 12.6 Å². The molecule has 0 N–H and O–H groups in total. The molecule has 3 heteroatoms. The van der Waals surface area contributed by atoms with E-state index in [0.29, 0.717) is 0 Å². The summed E-state index contributed by atoms with van der Waals surface area (Å²) in [6.07, 6.45) is 7.11. The van der Waals surface area contributed by atoms with Gasteiger partial charge in [0.25, 0.3) is 0 Å². The number of unbranched alkanes of at least 4 members (excludes halogenated alkanes) is 4. The number of hydrogen-bond donors (Lipinski definition) is 1. The lowest BCUT2D eigenvalue weighted by Crippen LogP contribution is -2.10. The Bertz CT molecular complexity index is 720. The minimum absolute atomic E-state index is 0.952. The van der Waals surface area contributed by atoms with Crippen molar-refractivity contribution in [3.8, 4) is 0 Å². The standard InChI is InChI=1S/C22H25N2S/c25-17-11-3-1-2-10-16-20-23-21(18-12-6-4-7-13-18)22(24-20)19-14-8-5-9-15-19/h4-9,12-15,25H,1-3,10-11,16-17H2. The van der Waals surface area contributed by atoms with Gasteiger partial charge in [0.1, 0.15) is 5.84 Å². The molecule has 0 aromatic heterocycles. The fourth-order valence-corrected chi connectivity index (χ4v) is 3.24. The molecule has 1 heterocycles. The summed E-state index contributed by atoms with van der Waals surface area (Å²) >= 11 is 4.27. The molecule has 129 valence electrons. The highest BCUT2D eigenvalue weighted by molar-refractivity contribution is 7.80. The van der Waals surface area contributed by atoms with E-state index in [1.54, 1.807) is 0 Å². The zero-order valence-electron chi connectivity index (χ0n) is 14.6. The number of hydrogen-bond acceptors (Lipinski definition) is 2. The van der Waals surface area contributed by atoms with Gasteiger partial charge in [-0.15, -0.1) is 0 Å². The van der Waals surface area contributed by atoms with Crippen LogP contribution in [0.4, 0.5) is 0 Å². The molecule has 2 aromatic rings. The second kappa shape index (κ2) is 9.47. The largest absolute Gasteiger partial charge is 0.231 e. The molecule has 0 spiro atoms. The minimum atomic E-state index is 0.952. The van der Waals surface area contributed by atoms with Crippen LogP contribution in [0.1, 0.15) is 49.7 Å². The third kappa shape index (κ3) is 4.99. The number of benzene rings is 2. The third-order valence-electron chi connectivity index (χ3n) is 4.36. The molecule has 0 saturated heterocycles. The molecule has 0 bridgehead atoms. The molecule has 0 fully saturated rings. The predicted molar refractivity (Wildman–Crippen MR) is 111 cm³/mol. The Hall–Kier alpha value is -2.00. The fraction of sp³-hybridized carbons (Fsp3) is 0.318. The Labute approximate surface area is 156 Å². The van der Waals surface area contributed by atoms with Crippen molar-refractivity contribution >= 4 is 29.9 Å². The average Bonchev–Trinajstić information content (AvgIpc) is 3.10. The van der Waals surface area contributed by atoms with Gasteiger partial charge in [0.2, 0.25) is 0 Å². The summed E-state index contributed by atoms with van der Waals surface area (Å²) in [4.78, 5) is 4.87. The Morgan fingerprint density at radius 2 is 1.20 bits per heavy atom. The Morgan fingerprint density at radius 3 is 1.84 bits per heavy atom. The van der Waals surface area contributed by atoms with Gasteiger partial charge in [-0.25, -0.2) is 10.3 Å². The van der Waals surface area contributed by atoms with E-state index in [1.165, 1.54) is 25.7 Å². The van der Waals surface area contributed by atoms with Crippen molar-refractivity contribution in [2.24, 2.45) is 4.99 Å². The lowest BCUT2D eigenvalue weighted by atomic mass is 10.1. The summed E-state index contributed by atoms with van der Waals surface area (Å²) in [5.74, 6) is 1.96. The van der Waals surface area contributed by atoms with Crippen LogP contribution in [0.5, 0.6) is 0 Å². The van der Waals surface area contributed by atoms with E-state index in [0.717, 1.165) is 47.0 Å². The molecule has 1 radical (unpaired) electrons. The van der Waals surface area contributed by atoms with E-state index in [1.807, 2.05) is 12.1 Å². The Balaban J connectivity index is 1.69. The maximum absolute atomic E-state index is 4.87. The van der Waals surface area contributed by atoms with Gasteiger partial charge in [0.05, 0.1) is 11.4 Å². The second-order valence-electron chi connectivity index (χ2n) is 6.31. The first-order chi connectivity index (χ1) is 12.4. The van der Waals surface area contributed by atoms with Crippen LogP contribution in [0.15, 0.2) is 65.7 Å². The molecule has 0 amide bonds. The molecule has 0 saturated carbocycles. The third-order valence-corrected chi connectivity index (χ3v) is 4.68. The Kier molecular flexibility index (Phi) is 6.75. The topological polar surface area (TPSA) is 26.5 Å². The van der Waals surface area contributed by atoms with Gasteiger partial charge < -0.3 is 0 Å². The van der Waals surface area contributed by atoms with Crippen molar-refractivity contribution in [2.75, 3.05) is 5.75 Å². The number of nitrogens with zero attached hydrogens (tertiary/aromatic N) is 2. The van der Waals surface area contributed by atoms with Crippen LogP contribution in [0.2, 0.25) is 0 Å². The molecule has 2 aromatic carbocycles. The van der Waals surface area contributed by atoms with Crippen molar-refractivity contribution in [3.63, 3.8) is 0 Å². The number of thiol groups is 1. The molecule has 1 aliphatic rings. The van der Waals surface area contributed by atoms with Crippen molar-refractivity contribution in [1.29, 1.82) is 0 Å². The molecular formula is C22H25N2S. The monoisotopic (exact) mass is 349 g/mol. The lowest BCUT2D eigenvalue weighted by molar-refractivity contribution is 0.644. The molecule has 1 aliphatic heterocycles. The number of aliphatic imine (C=N–C) groups is 1. The van der Waals surface area contributed by atoms with Gasteiger partial charge in [-0.1, -0.05) is 79.9 Å². The van der Waals surface area contributed by atoms with Crippen molar-refractivity contribution < 1.29 is 0 Å². The molecule has 3 rings (SSSR count). The van der Waals surface area contributed by atoms with Crippen LogP contribution in [0.3, 0.4) is 0 Å². The van der Waals surface area contributed by atoms with E-state index in [4.69, 9.17) is 10.3 Å². The highest BCUT2D eigenvalue weighted by atomic mass is 32.1. The second-order valence-corrected chi connectivity index (χ2v) is 6.76. The van der Waals surface area contributed by atoms with Crippen LogP contribution in [-0.2, 0) is 0 Å². The summed E-state index contributed by atoms with van der Waals surface area (Å²) in [6, 6.07) is 20.7. The zero-order chi connectivity index (χ0) is 17.3. The summed E-state index contributed by atoms with van der Waals surface area (Å²) < 4.78 is 0. The molecule has 25 heavy (non-hydrogen) atoms. The van der Waals surface area contributed by atoms with Crippen molar-refractivity contribution in [3.05, 3.63) is 71.8 Å². The van der Waals surface area contributed by atoms with Crippen molar-refractivity contribution in [1.82, 2.24) is 5.32 Å². The van der Waals surface area contributed by atoms with E-state index in [9.17, 15) is 0 Å². The van der Waals surface area contributed by atoms with E-state index < -0.39 is 0 Å². The van der Waals surface area contributed by atoms with Gasteiger partial charge in [-0.05, 0) is 18.6 Å². The fourth-order valence-electron chi connectivity index (χ4n) is 3.02. The summed E-state index contributed by atoms with van der Waals surface area (Å²) in [7, 11) is 0. The lowest BCUT2D eigenvalue weighted by Gasteiger charge is -2.06. The zero-order valence-corrected chi connectivity index (χ0v) is 15.5. The Morgan fingerprint density at radius 1 is 0.640 bits per heavy atom. The van der Waals surface area contributed by atoms with Crippen LogP contribution < -0.4 is 5.32 Å². The van der Waals surface area contributed by atoms with Crippen LogP contribution in [-0.4, -0.2) is 11.6 Å². The number of rotatable bonds is 9. The minimum Gasteiger partial charge on any atom is -0.231 e. The van der Waals surface area contributed by atoms with Crippen LogP contribution in [0, 0.1) is 0 Å². The van der Waals surface area contributed by atoms with Crippen molar-refractivity contribution in [2.45, 2.75) is 38.5 Å². The summed E-state index contributed by atoms with van der Waals surface area (Å²) in [5.41, 5.74) is 4.26. The smallest absolute Gasteiger partial charge is 0.129 e. The first kappa shape index (κ1) is 17.8. The molecule has 0 atom stereocenters. The molecule has 0 unspecified atom stereocenters. The van der Waals surface area contributed by atoms with Gasteiger partial charge in [-0.2, -0.15) is 12.6 Å². The SMILES string of the molecule is SCCCCCCCC1=NC(c2ccccc2)=C(c2ccccc2)[N]1. The average molecular weight is 350 g/mol. The first-order valence-electron chi connectivity index (χ1n) is 9.14. The van der Waals surface area contributed by atoms with Gasteiger partial charge in [0.15, 0.2) is 0 Å². The molecule has 2 nitrogen and oxygen atoms in total. The van der Waals surface area contributed by atoms with Gasteiger partial charge >= 0.3 is 0 Å². The quantitative estimate of drug-likeness (QED) is 0.437. The van der Waals surface area contributed by atoms with E-state index in [2.05, 4.69) is 61.2 Å². The maximum atomic E-state index is 4.87. The number of amidine groups is 1. The van der Waals surface area contributed by atoms with Gasteiger partial charge in [0, 0.05) is 17.5 Å². The maximum Gasteiger partial charge on any atom is 0.129 e. The molecule has 0 aliphatic carbocycles.